The number of rotatable bonds is 7. The Hall–Kier alpha value is -1.12. The molecule has 0 aliphatic rings. The number of halogens is 3. The third-order valence-corrected chi connectivity index (χ3v) is 2.10. The van der Waals surface area contributed by atoms with Crippen LogP contribution >= 0.6 is 0 Å². The zero-order chi connectivity index (χ0) is 13.6. The lowest BCUT2D eigenvalue weighted by Crippen LogP contribution is -2.23. The second-order valence-corrected chi connectivity index (χ2v) is 3.67. The maximum atomic E-state index is 12.3. The van der Waals surface area contributed by atoms with Crippen LogP contribution in [0.5, 0.6) is 0 Å². The Kier molecular flexibility index (Phi) is 5.57. The molecule has 0 spiro atoms. The average Bonchev–Trinajstić information content (AvgIpc) is 2.72. The molecule has 0 aromatic carbocycles. The Labute approximate surface area is 102 Å². The van der Waals surface area contributed by atoms with Crippen LogP contribution < -0.4 is 0 Å². The van der Waals surface area contributed by atoms with E-state index in [1.54, 1.807) is 0 Å². The number of aromatic nitrogens is 2. The van der Waals surface area contributed by atoms with Crippen LogP contribution in [0.4, 0.5) is 13.2 Å². The topological polar surface area (TPSA) is 56.5 Å². The van der Waals surface area contributed by atoms with E-state index >= 15 is 0 Å². The lowest BCUT2D eigenvalue weighted by Gasteiger charge is -2.11. The molecule has 0 amide bonds. The minimum Gasteiger partial charge on any atom is -0.389 e. The van der Waals surface area contributed by atoms with Crippen LogP contribution in [0.15, 0.2) is 12.4 Å². The van der Waals surface area contributed by atoms with Gasteiger partial charge in [-0.3, -0.25) is 4.68 Å². The van der Waals surface area contributed by atoms with Gasteiger partial charge >= 0.3 is 6.18 Å². The number of nitrogens with zero attached hydrogens (tertiary/aromatic N) is 2. The van der Waals surface area contributed by atoms with Crippen molar-refractivity contribution in [3.63, 3.8) is 0 Å². The fraction of sp³-hybridized carbons (Fsp3) is 0.700. The smallest absolute Gasteiger partial charge is 0.389 e. The van der Waals surface area contributed by atoms with Crippen molar-refractivity contribution < 1.29 is 27.8 Å². The molecule has 1 aromatic rings. The monoisotopic (exact) mass is 268 g/mol. The van der Waals surface area contributed by atoms with E-state index in [-0.39, 0.29) is 13.2 Å². The second-order valence-electron chi connectivity index (χ2n) is 3.67. The van der Waals surface area contributed by atoms with Crippen LogP contribution in [0.3, 0.4) is 0 Å². The molecule has 1 aromatic heterocycles. The molecule has 1 N–H and O–H groups in total. The highest BCUT2D eigenvalue weighted by atomic mass is 19.4. The third-order valence-electron chi connectivity index (χ3n) is 2.10. The van der Waals surface area contributed by atoms with Gasteiger partial charge in [-0.1, -0.05) is 0 Å². The molecule has 8 heteroatoms. The molecule has 1 rings (SSSR count). The Balaban J connectivity index is 2.35. The summed E-state index contributed by atoms with van der Waals surface area (Å²) in [7, 11) is 1.52. The number of aliphatic hydroxyl groups is 1. The average molecular weight is 268 g/mol. The van der Waals surface area contributed by atoms with E-state index in [0.29, 0.717) is 13.2 Å². The standard InChI is InChI=1S/C10H15F3N2O3/c1-17-2-3-18-7-9(16)6-15-5-8(4-14-15)10(11,12)13/h4-5,9,16H,2-3,6-7H2,1H3. The first kappa shape index (κ1) is 14.9. The summed E-state index contributed by atoms with van der Waals surface area (Å²) in [5.41, 5.74) is -0.838. The summed E-state index contributed by atoms with van der Waals surface area (Å²) in [6, 6.07) is 0. The van der Waals surface area contributed by atoms with Crippen LogP contribution in [-0.2, 0) is 22.2 Å². The van der Waals surface area contributed by atoms with Crippen LogP contribution in [-0.4, -0.2) is 47.9 Å². The van der Waals surface area contributed by atoms with Crippen molar-refractivity contribution in [1.82, 2.24) is 9.78 Å². The lowest BCUT2D eigenvalue weighted by molar-refractivity contribution is -0.137. The largest absolute Gasteiger partial charge is 0.419 e. The predicted octanol–water partition coefficient (Wildman–Crippen LogP) is 0.926. The molecule has 18 heavy (non-hydrogen) atoms. The lowest BCUT2D eigenvalue weighted by atomic mass is 10.3. The molecular weight excluding hydrogens is 253 g/mol. The SMILES string of the molecule is COCCOCC(O)Cn1cc(C(F)(F)F)cn1. The molecule has 104 valence electrons. The van der Waals surface area contributed by atoms with Crippen LogP contribution in [0.1, 0.15) is 5.56 Å². The van der Waals surface area contributed by atoms with Gasteiger partial charge in [0.2, 0.25) is 0 Å². The summed E-state index contributed by atoms with van der Waals surface area (Å²) in [6.07, 6.45) is -3.77. The molecule has 1 atom stereocenters. The highest BCUT2D eigenvalue weighted by molar-refractivity contribution is 5.08. The van der Waals surface area contributed by atoms with E-state index in [0.717, 1.165) is 17.1 Å². The van der Waals surface area contributed by atoms with Crippen LogP contribution in [0.25, 0.3) is 0 Å². The zero-order valence-electron chi connectivity index (χ0n) is 9.85. The van der Waals surface area contributed by atoms with Crippen molar-refractivity contribution in [3.05, 3.63) is 18.0 Å². The van der Waals surface area contributed by atoms with E-state index in [1.165, 1.54) is 7.11 Å². The maximum absolute atomic E-state index is 12.3. The molecule has 1 unspecified atom stereocenters. The summed E-state index contributed by atoms with van der Waals surface area (Å²) < 4.78 is 47.6. The quantitative estimate of drug-likeness (QED) is 0.747. The molecule has 0 saturated carbocycles. The first-order chi connectivity index (χ1) is 8.43. The van der Waals surface area contributed by atoms with Gasteiger partial charge in [-0.25, -0.2) is 0 Å². The van der Waals surface area contributed by atoms with Crippen LogP contribution in [0, 0.1) is 0 Å². The summed E-state index contributed by atoms with van der Waals surface area (Å²) in [4.78, 5) is 0. The van der Waals surface area contributed by atoms with Gasteiger partial charge in [0.1, 0.15) is 0 Å². The predicted molar refractivity (Wildman–Crippen MR) is 55.9 cm³/mol. The second kappa shape index (κ2) is 6.72. The number of hydrogen-bond acceptors (Lipinski definition) is 4. The Bertz CT molecular complexity index is 354. The van der Waals surface area contributed by atoms with Crippen molar-refractivity contribution in [2.24, 2.45) is 0 Å². The molecule has 1 heterocycles. The van der Waals surface area contributed by atoms with Crippen molar-refractivity contribution >= 4 is 0 Å². The Morgan fingerprint density at radius 3 is 2.72 bits per heavy atom. The number of methoxy groups -OCH3 is 1. The molecule has 0 saturated heterocycles. The fourth-order valence-corrected chi connectivity index (χ4v) is 1.24. The number of aliphatic hydroxyl groups excluding tert-OH is 1. The van der Waals surface area contributed by atoms with Crippen LogP contribution in [0.2, 0.25) is 0 Å². The van der Waals surface area contributed by atoms with Gasteiger partial charge in [0.25, 0.3) is 0 Å². The van der Waals surface area contributed by atoms with Gasteiger partial charge in [0.15, 0.2) is 0 Å². The van der Waals surface area contributed by atoms with E-state index in [2.05, 4.69) is 5.10 Å². The van der Waals surface area contributed by atoms with Gasteiger partial charge in [0.05, 0.1) is 44.2 Å². The van der Waals surface area contributed by atoms with E-state index in [9.17, 15) is 18.3 Å². The molecular formula is C10H15F3N2O3. The van der Waals surface area contributed by atoms with E-state index in [4.69, 9.17) is 9.47 Å². The first-order valence-electron chi connectivity index (χ1n) is 5.28. The number of ether oxygens (including phenoxy) is 2. The molecule has 5 nitrogen and oxygen atoms in total. The Morgan fingerprint density at radius 2 is 2.17 bits per heavy atom. The summed E-state index contributed by atoms with van der Waals surface area (Å²) in [6.45, 7) is 0.681. The van der Waals surface area contributed by atoms with Crippen molar-refractivity contribution in [3.8, 4) is 0 Å². The van der Waals surface area contributed by atoms with Gasteiger partial charge < -0.3 is 14.6 Å². The summed E-state index contributed by atoms with van der Waals surface area (Å²) in [5, 5.41) is 13.0. The highest BCUT2D eigenvalue weighted by Gasteiger charge is 2.32. The minimum absolute atomic E-state index is 0.0184. The summed E-state index contributed by atoms with van der Waals surface area (Å²) >= 11 is 0. The molecule has 0 aliphatic carbocycles. The number of alkyl halides is 3. The molecule has 0 bridgehead atoms. The molecule has 0 fully saturated rings. The summed E-state index contributed by atoms with van der Waals surface area (Å²) in [5.74, 6) is 0. The minimum atomic E-state index is -4.42. The first-order valence-corrected chi connectivity index (χ1v) is 5.28. The molecule has 0 aliphatic heterocycles. The van der Waals surface area contributed by atoms with Gasteiger partial charge in [0, 0.05) is 13.3 Å². The normalized spacial score (nSPS) is 13.8. The third kappa shape index (κ3) is 5.03. The number of hydrogen-bond donors (Lipinski definition) is 1. The van der Waals surface area contributed by atoms with Crippen molar-refractivity contribution in [1.29, 1.82) is 0 Å². The highest BCUT2D eigenvalue weighted by Crippen LogP contribution is 2.28. The molecule has 0 radical (unpaired) electrons. The maximum Gasteiger partial charge on any atom is 0.419 e. The Morgan fingerprint density at radius 1 is 1.44 bits per heavy atom. The fourth-order valence-electron chi connectivity index (χ4n) is 1.24. The zero-order valence-corrected chi connectivity index (χ0v) is 9.85. The van der Waals surface area contributed by atoms with Gasteiger partial charge in [-0.2, -0.15) is 18.3 Å². The van der Waals surface area contributed by atoms with E-state index in [1.807, 2.05) is 0 Å². The van der Waals surface area contributed by atoms with E-state index < -0.39 is 17.8 Å². The van der Waals surface area contributed by atoms with Crippen molar-refractivity contribution in [2.75, 3.05) is 26.9 Å². The van der Waals surface area contributed by atoms with Gasteiger partial charge in [-0.05, 0) is 0 Å². The van der Waals surface area contributed by atoms with Crippen molar-refractivity contribution in [2.45, 2.75) is 18.8 Å². The van der Waals surface area contributed by atoms with Gasteiger partial charge in [-0.15, -0.1) is 0 Å².